The number of halogens is 1. The Labute approximate surface area is 200 Å². The lowest BCUT2D eigenvalue weighted by atomic mass is 10.1. The smallest absolute Gasteiger partial charge is 0.213 e. The van der Waals surface area contributed by atoms with E-state index >= 15 is 0 Å². The van der Waals surface area contributed by atoms with Crippen molar-refractivity contribution in [1.29, 1.82) is 0 Å². The average Bonchev–Trinajstić information content (AvgIpc) is 3.50. The SMILES string of the molecule is CCNC(=NCc1ccc(OCC2CC2)nc1)NC1CCc2nc(COC)nn2C1.I. The van der Waals surface area contributed by atoms with Crippen LogP contribution in [0.5, 0.6) is 5.88 Å². The summed E-state index contributed by atoms with van der Waals surface area (Å²) < 4.78 is 12.8. The van der Waals surface area contributed by atoms with Crippen molar-refractivity contribution in [3.8, 4) is 5.88 Å². The maximum absolute atomic E-state index is 5.70. The molecule has 2 aromatic heterocycles. The van der Waals surface area contributed by atoms with Crippen LogP contribution in [0.15, 0.2) is 23.3 Å². The highest BCUT2D eigenvalue weighted by Crippen LogP contribution is 2.29. The van der Waals surface area contributed by atoms with E-state index in [1.807, 2.05) is 23.0 Å². The standard InChI is InChI=1S/C21H31N7O2.HI/c1-3-22-21(24-11-16-6-9-20(23-10-16)30-13-15-4-5-15)25-17-7-8-19-26-18(14-29-2)27-28(19)12-17;/h6,9-10,15,17H,3-5,7-8,11-14H2,1-2H3,(H2,22,24,25);1H. The van der Waals surface area contributed by atoms with E-state index in [0.717, 1.165) is 61.6 Å². The van der Waals surface area contributed by atoms with Crippen LogP contribution in [-0.2, 0) is 30.9 Å². The number of nitrogens with zero attached hydrogens (tertiary/aromatic N) is 5. The molecule has 170 valence electrons. The van der Waals surface area contributed by atoms with E-state index in [1.165, 1.54) is 12.8 Å². The lowest BCUT2D eigenvalue weighted by molar-refractivity contribution is 0.177. The molecule has 2 aliphatic rings. The van der Waals surface area contributed by atoms with Gasteiger partial charge in [0.15, 0.2) is 11.8 Å². The zero-order valence-corrected chi connectivity index (χ0v) is 20.5. The van der Waals surface area contributed by atoms with Crippen LogP contribution >= 0.6 is 24.0 Å². The van der Waals surface area contributed by atoms with E-state index in [-0.39, 0.29) is 30.0 Å². The zero-order chi connectivity index (χ0) is 20.8. The monoisotopic (exact) mass is 541 g/mol. The van der Waals surface area contributed by atoms with Gasteiger partial charge in [-0.25, -0.2) is 19.6 Å². The van der Waals surface area contributed by atoms with Gasteiger partial charge in [-0.2, -0.15) is 5.10 Å². The summed E-state index contributed by atoms with van der Waals surface area (Å²) in [6.45, 7) is 5.42. The summed E-state index contributed by atoms with van der Waals surface area (Å²) in [5, 5.41) is 11.4. The molecule has 1 fully saturated rings. The summed E-state index contributed by atoms with van der Waals surface area (Å²) in [5.41, 5.74) is 1.05. The zero-order valence-electron chi connectivity index (χ0n) is 18.2. The van der Waals surface area contributed by atoms with Crippen molar-refractivity contribution >= 4 is 29.9 Å². The molecule has 10 heteroatoms. The summed E-state index contributed by atoms with van der Waals surface area (Å²) in [7, 11) is 1.66. The molecular weight excluding hydrogens is 509 g/mol. The maximum atomic E-state index is 5.70. The highest BCUT2D eigenvalue weighted by atomic mass is 127. The van der Waals surface area contributed by atoms with E-state index in [2.05, 4.69) is 32.6 Å². The van der Waals surface area contributed by atoms with Crippen molar-refractivity contribution in [2.24, 2.45) is 10.9 Å². The molecule has 0 bridgehead atoms. The number of fused-ring (bicyclic) bond motifs is 1. The fourth-order valence-electron chi connectivity index (χ4n) is 3.43. The summed E-state index contributed by atoms with van der Waals surface area (Å²) in [4.78, 5) is 13.7. The maximum Gasteiger partial charge on any atom is 0.213 e. The van der Waals surface area contributed by atoms with Gasteiger partial charge in [0.25, 0.3) is 0 Å². The summed E-state index contributed by atoms with van der Waals surface area (Å²) >= 11 is 0. The van der Waals surface area contributed by atoms with Crippen molar-refractivity contribution in [1.82, 2.24) is 30.4 Å². The van der Waals surface area contributed by atoms with E-state index in [9.17, 15) is 0 Å². The Morgan fingerprint density at radius 1 is 1.29 bits per heavy atom. The number of aromatic nitrogens is 4. The number of ether oxygens (including phenoxy) is 2. The van der Waals surface area contributed by atoms with Gasteiger partial charge < -0.3 is 20.1 Å². The molecule has 4 rings (SSSR count). The minimum absolute atomic E-state index is 0. The fraction of sp³-hybridized carbons (Fsp3) is 0.619. The first-order valence-electron chi connectivity index (χ1n) is 10.8. The Morgan fingerprint density at radius 3 is 2.87 bits per heavy atom. The molecule has 0 amide bonds. The number of rotatable bonds is 9. The predicted molar refractivity (Wildman–Crippen MR) is 129 cm³/mol. The van der Waals surface area contributed by atoms with Crippen LogP contribution in [0.2, 0.25) is 0 Å². The van der Waals surface area contributed by atoms with Crippen molar-refractivity contribution in [2.75, 3.05) is 20.3 Å². The molecule has 1 saturated carbocycles. The number of aryl methyl sites for hydroxylation is 1. The third-order valence-electron chi connectivity index (χ3n) is 5.24. The molecule has 1 atom stereocenters. The van der Waals surface area contributed by atoms with Gasteiger partial charge in [0.2, 0.25) is 5.88 Å². The molecule has 31 heavy (non-hydrogen) atoms. The van der Waals surface area contributed by atoms with Gasteiger partial charge in [0.05, 0.1) is 19.7 Å². The lowest BCUT2D eigenvalue weighted by Gasteiger charge is -2.25. The second-order valence-electron chi connectivity index (χ2n) is 7.89. The van der Waals surface area contributed by atoms with E-state index in [0.29, 0.717) is 19.0 Å². The van der Waals surface area contributed by atoms with Crippen LogP contribution in [0.25, 0.3) is 0 Å². The van der Waals surface area contributed by atoms with Crippen molar-refractivity contribution in [2.45, 2.75) is 58.3 Å². The summed E-state index contributed by atoms with van der Waals surface area (Å²) in [6.07, 6.45) is 6.28. The molecule has 2 aromatic rings. The second kappa shape index (κ2) is 11.6. The quantitative estimate of drug-likeness (QED) is 0.286. The Hall–Kier alpha value is -1.95. The minimum atomic E-state index is 0. The lowest BCUT2D eigenvalue weighted by Crippen LogP contribution is -2.47. The van der Waals surface area contributed by atoms with Gasteiger partial charge in [0.1, 0.15) is 12.4 Å². The molecule has 0 aromatic carbocycles. The number of hydrogen-bond donors (Lipinski definition) is 2. The number of pyridine rings is 1. The van der Waals surface area contributed by atoms with Crippen LogP contribution in [0.1, 0.15) is 43.4 Å². The van der Waals surface area contributed by atoms with Gasteiger partial charge in [-0.3, -0.25) is 0 Å². The van der Waals surface area contributed by atoms with Crippen molar-refractivity contribution in [3.63, 3.8) is 0 Å². The Balaban J connectivity index is 0.00000272. The van der Waals surface area contributed by atoms with Crippen molar-refractivity contribution in [3.05, 3.63) is 35.5 Å². The van der Waals surface area contributed by atoms with E-state index in [1.54, 1.807) is 7.11 Å². The number of nitrogens with one attached hydrogen (secondary N) is 2. The Morgan fingerprint density at radius 2 is 2.16 bits per heavy atom. The Bertz CT molecular complexity index is 852. The van der Waals surface area contributed by atoms with Crippen LogP contribution < -0.4 is 15.4 Å². The first kappa shape index (κ1) is 23.7. The van der Waals surface area contributed by atoms with Gasteiger partial charge >= 0.3 is 0 Å². The molecular formula is C21H32IN7O2. The van der Waals surface area contributed by atoms with Gasteiger partial charge in [-0.1, -0.05) is 6.07 Å². The van der Waals surface area contributed by atoms with Gasteiger partial charge in [-0.05, 0) is 37.7 Å². The molecule has 0 saturated heterocycles. The van der Waals surface area contributed by atoms with Crippen LogP contribution in [0, 0.1) is 5.92 Å². The molecule has 3 heterocycles. The number of guanidine groups is 1. The number of methoxy groups -OCH3 is 1. The molecule has 0 radical (unpaired) electrons. The third kappa shape index (κ3) is 7.03. The molecule has 0 spiro atoms. The molecule has 2 N–H and O–H groups in total. The highest BCUT2D eigenvalue weighted by molar-refractivity contribution is 14.0. The first-order valence-corrected chi connectivity index (χ1v) is 10.8. The van der Waals surface area contributed by atoms with Gasteiger partial charge in [-0.15, -0.1) is 24.0 Å². The highest BCUT2D eigenvalue weighted by Gasteiger charge is 2.23. The van der Waals surface area contributed by atoms with Crippen molar-refractivity contribution < 1.29 is 9.47 Å². The first-order chi connectivity index (χ1) is 14.7. The number of hydrogen-bond acceptors (Lipinski definition) is 6. The summed E-state index contributed by atoms with van der Waals surface area (Å²) in [5.74, 6) is 3.99. The molecule has 9 nitrogen and oxygen atoms in total. The molecule has 1 unspecified atom stereocenters. The van der Waals surface area contributed by atoms with Crippen LogP contribution in [0.3, 0.4) is 0 Å². The van der Waals surface area contributed by atoms with E-state index in [4.69, 9.17) is 14.5 Å². The van der Waals surface area contributed by atoms with Crippen LogP contribution in [0.4, 0.5) is 0 Å². The largest absolute Gasteiger partial charge is 0.477 e. The van der Waals surface area contributed by atoms with Crippen LogP contribution in [-0.4, -0.2) is 52.0 Å². The van der Waals surface area contributed by atoms with E-state index < -0.39 is 0 Å². The topological polar surface area (TPSA) is 98.5 Å². The van der Waals surface area contributed by atoms with Gasteiger partial charge in [0, 0.05) is 38.4 Å². The third-order valence-corrected chi connectivity index (χ3v) is 5.24. The summed E-state index contributed by atoms with van der Waals surface area (Å²) in [6, 6.07) is 4.21. The molecule has 1 aliphatic heterocycles. The number of aliphatic imine (C=N–C) groups is 1. The molecule has 1 aliphatic carbocycles. The average molecular weight is 541 g/mol. The second-order valence-corrected chi connectivity index (χ2v) is 7.89. The Kier molecular flexibility index (Phi) is 8.88. The fourth-order valence-corrected chi connectivity index (χ4v) is 3.43. The normalized spacial score (nSPS) is 18.1. The minimum Gasteiger partial charge on any atom is -0.477 e. The predicted octanol–water partition coefficient (Wildman–Crippen LogP) is 2.30.